The van der Waals surface area contributed by atoms with Gasteiger partial charge in [0.2, 0.25) is 5.91 Å². The van der Waals surface area contributed by atoms with Gasteiger partial charge >= 0.3 is 0 Å². The molecular weight excluding hydrogens is 326 g/mol. The maximum Gasteiger partial charge on any atom is 0.236 e. The van der Waals surface area contributed by atoms with Crippen molar-refractivity contribution in [2.45, 2.75) is 37.2 Å². The van der Waals surface area contributed by atoms with Crippen molar-refractivity contribution in [1.82, 2.24) is 9.80 Å². The number of anilines is 1. The Morgan fingerprint density at radius 2 is 2.04 bits per heavy atom. The fraction of sp³-hybridized carbons (Fsp3) is 0.667. The van der Waals surface area contributed by atoms with Gasteiger partial charge in [0.1, 0.15) is 0 Å². The minimum absolute atomic E-state index is 0.199. The highest BCUT2D eigenvalue weighted by molar-refractivity contribution is 5.78. The summed E-state index contributed by atoms with van der Waals surface area (Å²) >= 11 is 0. The van der Waals surface area contributed by atoms with Crippen LogP contribution in [0.5, 0.6) is 0 Å². The third kappa shape index (κ3) is 3.35. The van der Waals surface area contributed by atoms with Gasteiger partial charge in [0.25, 0.3) is 0 Å². The molecule has 3 aliphatic heterocycles. The summed E-state index contributed by atoms with van der Waals surface area (Å²) < 4.78 is 5.89. The van der Waals surface area contributed by atoms with Crippen LogP contribution in [-0.2, 0) is 14.9 Å². The monoisotopic (exact) mass is 357 g/mol. The van der Waals surface area contributed by atoms with E-state index in [9.17, 15) is 4.79 Å². The fourth-order valence-electron chi connectivity index (χ4n) is 4.91. The number of benzene rings is 1. The van der Waals surface area contributed by atoms with E-state index in [0.717, 1.165) is 45.6 Å². The molecule has 3 heterocycles. The molecular formula is C21H31N3O2. The molecule has 1 amide bonds. The first kappa shape index (κ1) is 17.8. The number of carbonyl (C=O) groups excluding carboxylic acids is 1. The molecule has 1 aromatic rings. The third-order valence-electron chi connectivity index (χ3n) is 6.28. The Bertz CT molecular complexity index is 646. The van der Waals surface area contributed by atoms with Gasteiger partial charge in [-0.1, -0.05) is 18.2 Å². The standard InChI is InChI=1S/C21H31N3O2/c1-22(2)15-20(25)23-11-9-21(10-12-23)16-24(14-17-6-5-13-26-17)19-8-4-3-7-18(19)21/h3-4,7-8,17H,5-6,9-16H2,1-2H3/t17-/m0/s1. The predicted molar refractivity (Wildman–Crippen MR) is 104 cm³/mol. The van der Waals surface area contributed by atoms with Crippen molar-refractivity contribution in [2.24, 2.45) is 0 Å². The van der Waals surface area contributed by atoms with Crippen LogP contribution in [-0.4, -0.2) is 75.2 Å². The first-order valence-electron chi connectivity index (χ1n) is 9.96. The quantitative estimate of drug-likeness (QED) is 0.827. The van der Waals surface area contributed by atoms with Crippen molar-refractivity contribution < 1.29 is 9.53 Å². The highest BCUT2D eigenvalue weighted by Gasteiger charge is 2.45. The Hall–Kier alpha value is -1.59. The van der Waals surface area contributed by atoms with Gasteiger partial charge in [-0.3, -0.25) is 4.79 Å². The number of piperidine rings is 1. The number of likely N-dealkylation sites (tertiary alicyclic amines) is 1. The van der Waals surface area contributed by atoms with Gasteiger partial charge in [0, 0.05) is 43.9 Å². The first-order chi connectivity index (χ1) is 12.6. The molecule has 2 fully saturated rings. The van der Waals surface area contributed by atoms with Gasteiger partial charge in [-0.25, -0.2) is 0 Å². The SMILES string of the molecule is CN(C)CC(=O)N1CCC2(CC1)CN(C[C@@H]1CCCO1)c1ccccc12. The molecule has 0 unspecified atom stereocenters. The Kier molecular flexibility index (Phi) is 4.93. The minimum atomic E-state index is 0.199. The molecule has 5 heteroatoms. The second-order valence-electron chi connectivity index (χ2n) is 8.43. The van der Waals surface area contributed by atoms with E-state index in [-0.39, 0.29) is 11.3 Å². The number of ether oxygens (including phenoxy) is 1. The van der Waals surface area contributed by atoms with Crippen LogP contribution >= 0.6 is 0 Å². The molecule has 1 atom stereocenters. The van der Waals surface area contributed by atoms with Crippen LogP contribution in [0.15, 0.2) is 24.3 Å². The maximum absolute atomic E-state index is 12.4. The van der Waals surface area contributed by atoms with E-state index in [2.05, 4.69) is 34.1 Å². The second kappa shape index (κ2) is 7.20. The molecule has 1 spiro atoms. The van der Waals surface area contributed by atoms with E-state index in [1.807, 2.05) is 19.0 Å². The van der Waals surface area contributed by atoms with Crippen molar-refractivity contribution in [3.05, 3.63) is 29.8 Å². The lowest BCUT2D eigenvalue weighted by atomic mass is 9.74. The number of amides is 1. The smallest absolute Gasteiger partial charge is 0.236 e. The number of fused-ring (bicyclic) bond motifs is 2. The number of hydrogen-bond acceptors (Lipinski definition) is 4. The topological polar surface area (TPSA) is 36.0 Å². The lowest BCUT2D eigenvalue weighted by Crippen LogP contribution is -2.49. The van der Waals surface area contributed by atoms with Gasteiger partial charge in [0.15, 0.2) is 0 Å². The number of carbonyl (C=O) groups is 1. The number of nitrogens with zero attached hydrogens (tertiary/aromatic N) is 3. The summed E-state index contributed by atoms with van der Waals surface area (Å²) in [7, 11) is 3.92. The van der Waals surface area contributed by atoms with Crippen LogP contribution in [0, 0.1) is 0 Å². The van der Waals surface area contributed by atoms with Gasteiger partial charge in [-0.15, -0.1) is 0 Å². The van der Waals surface area contributed by atoms with Crippen molar-refractivity contribution in [3.8, 4) is 0 Å². The normalized spacial score (nSPS) is 24.5. The largest absolute Gasteiger partial charge is 0.376 e. The van der Waals surface area contributed by atoms with E-state index in [1.54, 1.807) is 0 Å². The van der Waals surface area contributed by atoms with Crippen molar-refractivity contribution in [1.29, 1.82) is 0 Å². The molecule has 0 N–H and O–H groups in total. The molecule has 142 valence electrons. The number of hydrogen-bond donors (Lipinski definition) is 0. The molecule has 0 aromatic heterocycles. The Morgan fingerprint density at radius 3 is 2.73 bits per heavy atom. The van der Waals surface area contributed by atoms with Crippen molar-refractivity contribution in [3.63, 3.8) is 0 Å². The van der Waals surface area contributed by atoms with Gasteiger partial charge in [0.05, 0.1) is 12.6 Å². The zero-order chi connectivity index (χ0) is 18.1. The summed E-state index contributed by atoms with van der Waals surface area (Å²) in [4.78, 5) is 19.0. The second-order valence-corrected chi connectivity index (χ2v) is 8.43. The van der Waals surface area contributed by atoms with Gasteiger partial charge < -0.3 is 19.4 Å². The zero-order valence-corrected chi connectivity index (χ0v) is 16.1. The van der Waals surface area contributed by atoms with Gasteiger partial charge in [-0.2, -0.15) is 0 Å². The zero-order valence-electron chi connectivity index (χ0n) is 16.1. The van der Waals surface area contributed by atoms with Crippen LogP contribution < -0.4 is 4.90 Å². The molecule has 2 saturated heterocycles. The Morgan fingerprint density at radius 1 is 1.27 bits per heavy atom. The summed E-state index contributed by atoms with van der Waals surface area (Å²) in [5.41, 5.74) is 3.07. The molecule has 0 saturated carbocycles. The van der Waals surface area contributed by atoms with Crippen LogP contribution in [0.25, 0.3) is 0 Å². The van der Waals surface area contributed by atoms with E-state index in [1.165, 1.54) is 24.1 Å². The summed E-state index contributed by atoms with van der Waals surface area (Å²) in [5, 5.41) is 0. The summed E-state index contributed by atoms with van der Waals surface area (Å²) in [5.74, 6) is 0.257. The summed E-state index contributed by atoms with van der Waals surface area (Å²) in [6.07, 6.45) is 4.86. The van der Waals surface area contributed by atoms with Crippen LogP contribution in [0.2, 0.25) is 0 Å². The lowest BCUT2D eigenvalue weighted by molar-refractivity contribution is -0.133. The summed E-state index contributed by atoms with van der Waals surface area (Å²) in [6, 6.07) is 8.89. The first-order valence-corrected chi connectivity index (χ1v) is 9.96. The van der Waals surface area contributed by atoms with E-state index < -0.39 is 0 Å². The average Bonchev–Trinajstić information content (AvgIpc) is 3.23. The molecule has 1 aromatic carbocycles. The Balaban J connectivity index is 1.48. The average molecular weight is 357 g/mol. The molecule has 0 bridgehead atoms. The van der Waals surface area contributed by atoms with Crippen LogP contribution in [0.4, 0.5) is 5.69 Å². The highest BCUT2D eigenvalue weighted by atomic mass is 16.5. The molecule has 0 radical (unpaired) electrons. The van der Waals surface area contributed by atoms with Crippen LogP contribution in [0.3, 0.4) is 0 Å². The Labute approximate surface area is 156 Å². The number of rotatable bonds is 4. The fourth-order valence-corrected chi connectivity index (χ4v) is 4.91. The minimum Gasteiger partial charge on any atom is -0.376 e. The van der Waals surface area contributed by atoms with Crippen molar-refractivity contribution >= 4 is 11.6 Å². The van der Waals surface area contributed by atoms with Crippen molar-refractivity contribution in [2.75, 3.05) is 58.3 Å². The van der Waals surface area contributed by atoms with Crippen LogP contribution in [0.1, 0.15) is 31.2 Å². The lowest BCUT2D eigenvalue weighted by Gasteiger charge is -2.40. The highest BCUT2D eigenvalue weighted by Crippen LogP contribution is 2.47. The van der Waals surface area contributed by atoms with E-state index >= 15 is 0 Å². The molecule has 26 heavy (non-hydrogen) atoms. The maximum atomic E-state index is 12.4. The molecule has 0 aliphatic carbocycles. The molecule has 5 nitrogen and oxygen atoms in total. The molecule has 4 rings (SSSR count). The predicted octanol–water partition coefficient (Wildman–Crippen LogP) is 2.11. The number of para-hydroxylation sites is 1. The molecule has 3 aliphatic rings. The summed E-state index contributed by atoms with van der Waals surface area (Å²) in [6.45, 7) is 5.23. The third-order valence-corrected chi connectivity index (χ3v) is 6.28. The van der Waals surface area contributed by atoms with Gasteiger partial charge in [-0.05, 0) is 51.4 Å². The van der Waals surface area contributed by atoms with E-state index in [4.69, 9.17) is 4.74 Å². The van der Waals surface area contributed by atoms with E-state index in [0.29, 0.717) is 12.6 Å². The number of likely N-dealkylation sites (N-methyl/N-ethyl adjacent to an activating group) is 1.